The predicted octanol–water partition coefficient (Wildman–Crippen LogP) is 7.21. The van der Waals surface area contributed by atoms with E-state index < -0.39 is 9.84 Å². The highest BCUT2D eigenvalue weighted by Crippen LogP contribution is 2.47. The normalized spacial score (nSPS) is 13.8. The van der Waals surface area contributed by atoms with Crippen molar-refractivity contribution in [3.05, 3.63) is 91.4 Å². The minimum atomic E-state index is -3.32. The third-order valence-electron chi connectivity index (χ3n) is 4.78. The summed E-state index contributed by atoms with van der Waals surface area (Å²) >= 11 is 25.6. The third kappa shape index (κ3) is 3.95. The first-order valence-corrected chi connectivity index (χ1v) is 12.2. The average molecular weight is 500 g/mol. The average Bonchev–Trinajstić information content (AvgIpc) is 2.71. The van der Waals surface area contributed by atoms with E-state index in [9.17, 15) is 8.42 Å². The lowest BCUT2D eigenvalue weighted by Gasteiger charge is -2.25. The predicted molar refractivity (Wildman–Crippen MR) is 124 cm³/mol. The van der Waals surface area contributed by atoms with Crippen LogP contribution in [-0.4, -0.2) is 14.7 Å². The molecular weight excluding hydrogens is 486 g/mol. The highest BCUT2D eigenvalue weighted by Gasteiger charge is 2.27. The largest absolute Gasteiger partial charge is 0.456 e. The number of allylic oxidation sites excluding steroid dienone is 1. The minimum Gasteiger partial charge on any atom is -0.456 e. The Bertz CT molecular complexity index is 1270. The Morgan fingerprint density at radius 2 is 1.47 bits per heavy atom. The molecule has 1 heterocycles. The standard InChI is InChI=1S/C22H14Cl4O3S/c1-30(27,28)14-8-6-12(7-9-14)22-15(10-13-4-2-3-5-18(13)29-22)19-20(25)16(23)11-17(24)21(19)26/h2-9,11H,10H2,1H3. The summed E-state index contributed by atoms with van der Waals surface area (Å²) in [5, 5.41) is 1.10. The van der Waals surface area contributed by atoms with E-state index in [2.05, 4.69) is 0 Å². The lowest BCUT2D eigenvalue weighted by Crippen LogP contribution is -2.10. The molecule has 3 nitrogen and oxygen atoms in total. The van der Waals surface area contributed by atoms with E-state index in [0.29, 0.717) is 34.6 Å². The van der Waals surface area contributed by atoms with Crippen LogP contribution in [0, 0.1) is 0 Å². The molecule has 0 bridgehead atoms. The van der Waals surface area contributed by atoms with Crippen molar-refractivity contribution < 1.29 is 13.2 Å². The van der Waals surface area contributed by atoms with E-state index in [0.717, 1.165) is 11.8 Å². The molecule has 0 saturated carbocycles. The highest BCUT2D eigenvalue weighted by molar-refractivity contribution is 7.90. The van der Waals surface area contributed by atoms with Gasteiger partial charge in [-0.3, -0.25) is 0 Å². The van der Waals surface area contributed by atoms with E-state index >= 15 is 0 Å². The van der Waals surface area contributed by atoms with Crippen LogP contribution in [-0.2, 0) is 16.3 Å². The van der Waals surface area contributed by atoms with Gasteiger partial charge < -0.3 is 4.74 Å². The molecule has 0 saturated heterocycles. The van der Waals surface area contributed by atoms with Crippen molar-refractivity contribution in [1.82, 2.24) is 0 Å². The molecule has 3 aromatic rings. The molecule has 3 aromatic carbocycles. The molecule has 1 aliphatic rings. The number of para-hydroxylation sites is 1. The quantitative estimate of drug-likeness (QED) is 0.357. The van der Waals surface area contributed by atoms with Gasteiger partial charge in [0, 0.05) is 29.4 Å². The molecule has 0 spiro atoms. The van der Waals surface area contributed by atoms with E-state index in [-0.39, 0.29) is 25.0 Å². The number of fused-ring (bicyclic) bond motifs is 1. The van der Waals surface area contributed by atoms with Crippen LogP contribution < -0.4 is 4.74 Å². The van der Waals surface area contributed by atoms with E-state index in [1.165, 1.54) is 18.2 Å². The van der Waals surface area contributed by atoms with Crippen molar-refractivity contribution >= 4 is 67.6 Å². The molecule has 0 amide bonds. The SMILES string of the molecule is CS(=O)(=O)c1ccc(C2=C(c3c(Cl)c(Cl)cc(Cl)c3Cl)Cc3ccccc3O2)cc1. The van der Waals surface area contributed by atoms with Crippen LogP contribution in [0.4, 0.5) is 0 Å². The summed E-state index contributed by atoms with van der Waals surface area (Å²) in [4.78, 5) is 0.214. The molecular formula is C22H14Cl4O3S. The van der Waals surface area contributed by atoms with Crippen LogP contribution in [0.5, 0.6) is 5.75 Å². The van der Waals surface area contributed by atoms with Gasteiger partial charge in [-0.05, 0) is 42.0 Å². The van der Waals surface area contributed by atoms with Gasteiger partial charge >= 0.3 is 0 Å². The van der Waals surface area contributed by atoms with Crippen LogP contribution in [0.25, 0.3) is 11.3 Å². The number of rotatable bonds is 3. The Morgan fingerprint density at radius 1 is 0.867 bits per heavy atom. The molecule has 4 rings (SSSR count). The van der Waals surface area contributed by atoms with Gasteiger partial charge in [-0.2, -0.15) is 0 Å². The molecule has 0 radical (unpaired) electrons. The topological polar surface area (TPSA) is 43.4 Å². The lowest BCUT2D eigenvalue weighted by atomic mass is 9.92. The molecule has 1 aliphatic heterocycles. The summed E-state index contributed by atoms with van der Waals surface area (Å²) in [6, 6.07) is 15.6. The van der Waals surface area contributed by atoms with Crippen LogP contribution >= 0.6 is 46.4 Å². The van der Waals surface area contributed by atoms with Crippen LogP contribution in [0.15, 0.2) is 59.5 Å². The van der Waals surface area contributed by atoms with E-state index in [4.69, 9.17) is 51.1 Å². The fourth-order valence-corrected chi connectivity index (χ4v) is 4.99. The first-order chi connectivity index (χ1) is 14.2. The maximum Gasteiger partial charge on any atom is 0.175 e. The summed E-state index contributed by atoms with van der Waals surface area (Å²) in [6.45, 7) is 0. The molecule has 0 N–H and O–H groups in total. The second-order valence-electron chi connectivity index (χ2n) is 6.83. The molecule has 0 aromatic heterocycles. The Labute approximate surface area is 194 Å². The number of benzene rings is 3. The van der Waals surface area contributed by atoms with E-state index in [1.54, 1.807) is 12.1 Å². The van der Waals surface area contributed by atoms with Crippen molar-refractivity contribution in [3.8, 4) is 5.75 Å². The number of ether oxygens (including phenoxy) is 1. The summed E-state index contributed by atoms with van der Waals surface area (Å²) in [5.41, 5.74) is 2.83. The summed E-state index contributed by atoms with van der Waals surface area (Å²) in [7, 11) is -3.32. The van der Waals surface area contributed by atoms with Gasteiger partial charge in [0.15, 0.2) is 9.84 Å². The van der Waals surface area contributed by atoms with Gasteiger partial charge in [0.05, 0.1) is 25.0 Å². The van der Waals surface area contributed by atoms with E-state index in [1.807, 2.05) is 24.3 Å². The Hall–Kier alpha value is -1.69. The van der Waals surface area contributed by atoms with Crippen molar-refractivity contribution in [1.29, 1.82) is 0 Å². The number of hydrogen-bond donors (Lipinski definition) is 0. The Kier molecular flexibility index (Phi) is 5.82. The van der Waals surface area contributed by atoms with Crippen molar-refractivity contribution in [2.45, 2.75) is 11.3 Å². The molecule has 0 aliphatic carbocycles. The number of halogens is 4. The Morgan fingerprint density at radius 3 is 2.07 bits per heavy atom. The lowest BCUT2D eigenvalue weighted by molar-refractivity contribution is 0.502. The number of sulfone groups is 1. The Balaban J connectivity index is 1.97. The maximum absolute atomic E-state index is 11.8. The molecule has 0 unspecified atom stereocenters. The first-order valence-electron chi connectivity index (χ1n) is 8.79. The van der Waals surface area contributed by atoms with Gasteiger partial charge in [0.1, 0.15) is 11.5 Å². The summed E-state index contributed by atoms with van der Waals surface area (Å²) < 4.78 is 29.9. The monoisotopic (exact) mass is 498 g/mol. The van der Waals surface area contributed by atoms with Gasteiger partial charge in [-0.15, -0.1) is 0 Å². The molecule has 0 atom stereocenters. The first kappa shape index (κ1) is 21.5. The zero-order chi connectivity index (χ0) is 21.6. The zero-order valence-electron chi connectivity index (χ0n) is 15.5. The maximum atomic E-state index is 11.8. The van der Waals surface area contributed by atoms with Gasteiger partial charge in [-0.1, -0.05) is 64.6 Å². The van der Waals surface area contributed by atoms with Crippen molar-refractivity contribution in [3.63, 3.8) is 0 Å². The van der Waals surface area contributed by atoms with Crippen LogP contribution in [0.1, 0.15) is 16.7 Å². The fraction of sp³-hybridized carbons (Fsp3) is 0.0909. The number of hydrogen-bond acceptors (Lipinski definition) is 3. The van der Waals surface area contributed by atoms with Gasteiger partial charge in [0.2, 0.25) is 0 Å². The molecule has 154 valence electrons. The fourth-order valence-electron chi connectivity index (χ4n) is 3.32. The molecule has 30 heavy (non-hydrogen) atoms. The van der Waals surface area contributed by atoms with Crippen molar-refractivity contribution in [2.24, 2.45) is 0 Å². The van der Waals surface area contributed by atoms with Crippen LogP contribution in [0.2, 0.25) is 20.1 Å². The molecule has 8 heteroatoms. The minimum absolute atomic E-state index is 0.214. The van der Waals surface area contributed by atoms with Gasteiger partial charge in [0.25, 0.3) is 0 Å². The van der Waals surface area contributed by atoms with Crippen LogP contribution in [0.3, 0.4) is 0 Å². The van der Waals surface area contributed by atoms with Gasteiger partial charge in [-0.25, -0.2) is 8.42 Å². The third-order valence-corrected chi connectivity index (χ3v) is 7.49. The second kappa shape index (κ2) is 8.10. The van der Waals surface area contributed by atoms with Crippen molar-refractivity contribution in [2.75, 3.05) is 6.26 Å². The summed E-state index contributed by atoms with van der Waals surface area (Å²) in [6.07, 6.45) is 1.64. The molecule has 0 fully saturated rings. The highest BCUT2D eigenvalue weighted by atomic mass is 35.5. The zero-order valence-corrected chi connectivity index (χ0v) is 19.4. The summed E-state index contributed by atoms with van der Waals surface area (Å²) in [5.74, 6) is 1.21. The smallest absolute Gasteiger partial charge is 0.175 e. The second-order valence-corrected chi connectivity index (χ2v) is 10.4.